The van der Waals surface area contributed by atoms with E-state index in [-0.39, 0.29) is 31.6 Å². The lowest BCUT2D eigenvalue weighted by Gasteiger charge is -2.14. The van der Waals surface area contributed by atoms with Crippen LogP contribution in [0.2, 0.25) is 0 Å². The largest absolute Gasteiger partial charge is 0.493 e. The maximum absolute atomic E-state index is 11.9. The van der Waals surface area contributed by atoms with Gasteiger partial charge in [-0.25, -0.2) is 0 Å². The molecule has 1 N–H and O–H groups in total. The molecule has 0 unspecified atom stereocenters. The number of carbonyl (C=O) groups excluding carboxylic acids is 2. The van der Waals surface area contributed by atoms with Crippen LogP contribution in [0, 0.1) is 6.92 Å². The molecular formula is C20H22BrNO4. The fourth-order valence-corrected chi connectivity index (χ4v) is 2.56. The molecule has 0 aliphatic heterocycles. The number of benzene rings is 2. The molecule has 0 fully saturated rings. The lowest BCUT2D eigenvalue weighted by Crippen LogP contribution is -2.31. The molecule has 0 spiro atoms. The highest BCUT2D eigenvalue weighted by molar-refractivity contribution is 9.10. The number of hydrogen-bond acceptors (Lipinski definition) is 4. The minimum atomic E-state index is -0.468. The van der Waals surface area contributed by atoms with Gasteiger partial charge in [-0.15, -0.1) is 0 Å². The van der Waals surface area contributed by atoms with Gasteiger partial charge in [-0.05, 0) is 49.2 Å². The van der Waals surface area contributed by atoms with Crippen LogP contribution in [-0.2, 0) is 14.3 Å². The molecule has 0 aliphatic rings. The van der Waals surface area contributed by atoms with Gasteiger partial charge in [0.05, 0.1) is 19.1 Å². The molecule has 0 saturated carbocycles. The summed E-state index contributed by atoms with van der Waals surface area (Å²) in [6.07, 6.45) is 0.0868. The van der Waals surface area contributed by atoms with Crippen molar-refractivity contribution < 1.29 is 19.1 Å². The predicted molar refractivity (Wildman–Crippen MR) is 103 cm³/mol. The van der Waals surface area contributed by atoms with Crippen LogP contribution in [0.5, 0.6) is 5.75 Å². The quantitative estimate of drug-likeness (QED) is 0.657. The average molecular weight is 420 g/mol. The Labute approximate surface area is 161 Å². The zero-order chi connectivity index (χ0) is 18.9. The Kier molecular flexibility index (Phi) is 7.66. The molecule has 0 radical (unpaired) electrons. The first kappa shape index (κ1) is 20.0. The summed E-state index contributed by atoms with van der Waals surface area (Å²) in [5.74, 6) is -0.101. The van der Waals surface area contributed by atoms with Gasteiger partial charge >= 0.3 is 5.97 Å². The lowest BCUT2D eigenvalue weighted by molar-refractivity contribution is -0.149. The van der Waals surface area contributed by atoms with Gasteiger partial charge in [0, 0.05) is 4.47 Å². The summed E-state index contributed by atoms with van der Waals surface area (Å²) in [6.45, 7) is 3.75. The Morgan fingerprint density at radius 1 is 1.15 bits per heavy atom. The van der Waals surface area contributed by atoms with Gasteiger partial charge in [-0.3, -0.25) is 9.59 Å². The first-order valence-corrected chi connectivity index (χ1v) is 9.13. The normalized spacial score (nSPS) is 11.5. The van der Waals surface area contributed by atoms with Gasteiger partial charge in [-0.2, -0.15) is 0 Å². The SMILES string of the molecule is Cc1cccc(OCCC(=O)OCC(=O)N[C@H](C)c2ccc(Br)cc2)c1. The lowest BCUT2D eigenvalue weighted by atomic mass is 10.1. The van der Waals surface area contributed by atoms with E-state index in [1.807, 2.05) is 62.4 Å². The Hall–Kier alpha value is -2.34. The first-order chi connectivity index (χ1) is 12.4. The van der Waals surface area contributed by atoms with E-state index in [0.717, 1.165) is 15.6 Å². The molecule has 6 heteroatoms. The highest BCUT2D eigenvalue weighted by atomic mass is 79.9. The summed E-state index contributed by atoms with van der Waals surface area (Å²) in [6, 6.07) is 15.1. The number of halogens is 1. The maximum atomic E-state index is 11.9. The van der Waals surface area contributed by atoms with E-state index in [1.54, 1.807) is 0 Å². The van der Waals surface area contributed by atoms with E-state index in [0.29, 0.717) is 5.75 Å². The van der Waals surface area contributed by atoms with Crippen molar-refractivity contribution in [1.29, 1.82) is 0 Å². The van der Waals surface area contributed by atoms with E-state index in [1.165, 1.54) is 0 Å². The smallest absolute Gasteiger partial charge is 0.309 e. The molecule has 0 heterocycles. The molecule has 5 nitrogen and oxygen atoms in total. The van der Waals surface area contributed by atoms with Crippen molar-refractivity contribution in [3.63, 3.8) is 0 Å². The minimum Gasteiger partial charge on any atom is -0.493 e. The van der Waals surface area contributed by atoms with Crippen molar-refractivity contribution in [1.82, 2.24) is 5.32 Å². The third-order valence-corrected chi connectivity index (χ3v) is 4.20. The van der Waals surface area contributed by atoms with Crippen LogP contribution in [0.15, 0.2) is 53.0 Å². The number of ether oxygens (including phenoxy) is 2. The number of nitrogens with one attached hydrogen (secondary N) is 1. The Bertz CT molecular complexity index is 746. The van der Waals surface area contributed by atoms with Gasteiger partial charge in [0.15, 0.2) is 6.61 Å². The van der Waals surface area contributed by atoms with Crippen LogP contribution >= 0.6 is 15.9 Å². The Morgan fingerprint density at radius 3 is 2.58 bits per heavy atom. The van der Waals surface area contributed by atoms with Crippen LogP contribution in [0.3, 0.4) is 0 Å². The van der Waals surface area contributed by atoms with Crippen LogP contribution in [0.1, 0.15) is 30.5 Å². The molecule has 0 bridgehead atoms. The monoisotopic (exact) mass is 419 g/mol. The number of esters is 1. The van der Waals surface area contributed by atoms with Crippen molar-refractivity contribution in [3.8, 4) is 5.75 Å². The van der Waals surface area contributed by atoms with E-state index in [2.05, 4.69) is 21.2 Å². The van der Waals surface area contributed by atoms with Crippen molar-refractivity contribution in [2.75, 3.05) is 13.2 Å². The molecule has 0 aliphatic carbocycles. The summed E-state index contributed by atoms with van der Waals surface area (Å²) in [5, 5.41) is 2.80. The number of aryl methyl sites for hydroxylation is 1. The van der Waals surface area contributed by atoms with Gasteiger partial charge in [-0.1, -0.05) is 40.2 Å². The van der Waals surface area contributed by atoms with Crippen molar-refractivity contribution >= 4 is 27.8 Å². The minimum absolute atomic E-state index is 0.0868. The van der Waals surface area contributed by atoms with E-state index in [9.17, 15) is 9.59 Å². The van der Waals surface area contributed by atoms with Crippen LogP contribution in [0.4, 0.5) is 0 Å². The third kappa shape index (κ3) is 6.88. The first-order valence-electron chi connectivity index (χ1n) is 8.34. The second-order valence-electron chi connectivity index (χ2n) is 5.92. The zero-order valence-corrected chi connectivity index (χ0v) is 16.4. The van der Waals surface area contributed by atoms with E-state index in [4.69, 9.17) is 9.47 Å². The summed E-state index contributed by atoms with van der Waals surface area (Å²) < 4.78 is 11.4. The number of carbonyl (C=O) groups is 2. The summed E-state index contributed by atoms with van der Waals surface area (Å²) in [5.41, 5.74) is 2.06. The summed E-state index contributed by atoms with van der Waals surface area (Å²) >= 11 is 3.37. The molecule has 2 aromatic carbocycles. The third-order valence-electron chi connectivity index (χ3n) is 3.68. The fraction of sp³-hybridized carbons (Fsp3) is 0.300. The molecular weight excluding hydrogens is 398 g/mol. The van der Waals surface area contributed by atoms with Gasteiger partial charge in [0.1, 0.15) is 5.75 Å². The van der Waals surface area contributed by atoms with Gasteiger partial charge in [0.2, 0.25) is 0 Å². The van der Waals surface area contributed by atoms with Gasteiger partial charge < -0.3 is 14.8 Å². The average Bonchev–Trinajstić information content (AvgIpc) is 2.60. The Morgan fingerprint density at radius 2 is 1.88 bits per heavy atom. The van der Waals surface area contributed by atoms with Crippen LogP contribution in [-0.4, -0.2) is 25.1 Å². The molecule has 2 rings (SSSR count). The fourth-order valence-electron chi connectivity index (χ4n) is 2.29. The number of rotatable bonds is 8. The highest BCUT2D eigenvalue weighted by Crippen LogP contribution is 2.16. The molecule has 0 saturated heterocycles. The van der Waals surface area contributed by atoms with Gasteiger partial charge in [0.25, 0.3) is 5.91 Å². The number of amides is 1. The Balaban J connectivity index is 1.66. The van der Waals surface area contributed by atoms with E-state index < -0.39 is 5.97 Å². The molecule has 138 valence electrons. The molecule has 1 amide bonds. The second kappa shape index (κ2) is 9.97. The molecule has 0 aromatic heterocycles. The topological polar surface area (TPSA) is 64.6 Å². The maximum Gasteiger partial charge on any atom is 0.309 e. The molecule has 26 heavy (non-hydrogen) atoms. The predicted octanol–water partition coefficient (Wildman–Crippen LogP) is 3.95. The van der Waals surface area contributed by atoms with Crippen molar-refractivity contribution in [2.24, 2.45) is 0 Å². The van der Waals surface area contributed by atoms with Crippen molar-refractivity contribution in [3.05, 3.63) is 64.1 Å². The second-order valence-corrected chi connectivity index (χ2v) is 6.83. The standard InChI is InChI=1S/C20H22BrNO4/c1-14-4-3-5-18(12-14)25-11-10-20(24)26-13-19(23)22-15(2)16-6-8-17(21)9-7-16/h3-9,12,15H,10-11,13H2,1-2H3,(H,22,23)/t15-/m1/s1. The van der Waals surface area contributed by atoms with Crippen molar-refractivity contribution in [2.45, 2.75) is 26.3 Å². The number of hydrogen-bond donors (Lipinski definition) is 1. The summed E-state index contributed by atoms with van der Waals surface area (Å²) in [7, 11) is 0. The zero-order valence-electron chi connectivity index (χ0n) is 14.8. The molecule has 2 aromatic rings. The highest BCUT2D eigenvalue weighted by Gasteiger charge is 2.12. The summed E-state index contributed by atoms with van der Waals surface area (Å²) in [4.78, 5) is 23.6. The van der Waals surface area contributed by atoms with Crippen LogP contribution < -0.4 is 10.1 Å². The molecule has 1 atom stereocenters. The van der Waals surface area contributed by atoms with E-state index >= 15 is 0 Å². The van der Waals surface area contributed by atoms with Crippen LogP contribution in [0.25, 0.3) is 0 Å².